The lowest BCUT2D eigenvalue weighted by Gasteiger charge is -2.27. The van der Waals surface area contributed by atoms with Crippen LogP contribution in [0.5, 0.6) is 0 Å². The van der Waals surface area contributed by atoms with E-state index in [1.165, 1.54) is 10.8 Å². The van der Waals surface area contributed by atoms with Crippen molar-refractivity contribution in [3.8, 4) is 0 Å². The molecule has 160 valence electrons. The molecular formula is C29H23N3O. The van der Waals surface area contributed by atoms with Crippen molar-refractivity contribution in [2.75, 3.05) is 16.8 Å². The Kier molecular flexibility index (Phi) is 5.56. The van der Waals surface area contributed by atoms with Gasteiger partial charge < -0.3 is 9.80 Å². The number of benzene rings is 5. The standard InChI is InChI=1S/C29H23N3O/c1-31(28-13-7-10-24(21-28)30-33)25-16-18-27(19-17-25)32(26-11-3-2-4-12-26)29-15-14-22-8-5-6-9-23(22)20-29/h2-21H,1H3. The van der Waals surface area contributed by atoms with Gasteiger partial charge in [-0.25, -0.2) is 0 Å². The maximum Gasteiger partial charge on any atom is 0.110 e. The molecule has 0 spiro atoms. The highest BCUT2D eigenvalue weighted by Crippen LogP contribution is 2.37. The number of anilines is 5. The molecule has 0 aromatic heterocycles. The minimum absolute atomic E-state index is 0.419. The fourth-order valence-corrected chi connectivity index (χ4v) is 4.07. The second kappa shape index (κ2) is 8.97. The summed E-state index contributed by atoms with van der Waals surface area (Å²) in [5.74, 6) is 0. The lowest BCUT2D eigenvalue weighted by Crippen LogP contribution is -2.11. The molecule has 5 rings (SSSR count). The molecule has 33 heavy (non-hydrogen) atoms. The summed E-state index contributed by atoms with van der Waals surface area (Å²) in [7, 11) is 1.98. The van der Waals surface area contributed by atoms with E-state index in [1.54, 1.807) is 12.1 Å². The normalized spacial score (nSPS) is 10.7. The van der Waals surface area contributed by atoms with Gasteiger partial charge in [-0.3, -0.25) is 0 Å². The molecule has 5 aromatic rings. The molecule has 0 saturated carbocycles. The van der Waals surface area contributed by atoms with Crippen LogP contribution in [0, 0.1) is 4.91 Å². The zero-order valence-electron chi connectivity index (χ0n) is 18.3. The van der Waals surface area contributed by atoms with E-state index >= 15 is 0 Å². The molecule has 4 heteroatoms. The van der Waals surface area contributed by atoms with E-state index in [0.29, 0.717) is 5.69 Å². The molecular weight excluding hydrogens is 406 g/mol. The maximum atomic E-state index is 10.9. The number of nitrogens with zero attached hydrogens (tertiary/aromatic N) is 3. The van der Waals surface area contributed by atoms with Crippen LogP contribution in [0.15, 0.2) is 127 Å². The first-order valence-corrected chi connectivity index (χ1v) is 10.8. The predicted molar refractivity (Wildman–Crippen MR) is 139 cm³/mol. The van der Waals surface area contributed by atoms with Crippen molar-refractivity contribution in [1.82, 2.24) is 0 Å². The summed E-state index contributed by atoms with van der Waals surface area (Å²) < 4.78 is 0. The number of fused-ring (bicyclic) bond motifs is 1. The van der Waals surface area contributed by atoms with Crippen LogP contribution in [-0.2, 0) is 0 Å². The van der Waals surface area contributed by atoms with Crippen LogP contribution in [-0.4, -0.2) is 7.05 Å². The summed E-state index contributed by atoms with van der Waals surface area (Å²) >= 11 is 0. The Morgan fingerprint density at radius 2 is 1.12 bits per heavy atom. The molecule has 0 aliphatic rings. The summed E-state index contributed by atoms with van der Waals surface area (Å²) in [6.45, 7) is 0. The van der Waals surface area contributed by atoms with E-state index in [1.807, 2.05) is 30.1 Å². The zero-order chi connectivity index (χ0) is 22.6. The second-order valence-corrected chi connectivity index (χ2v) is 7.89. The predicted octanol–water partition coefficient (Wildman–Crippen LogP) is 8.48. The Bertz CT molecular complexity index is 1400. The minimum atomic E-state index is 0.419. The van der Waals surface area contributed by atoms with Crippen molar-refractivity contribution >= 4 is 44.9 Å². The van der Waals surface area contributed by atoms with Gasteiger partial charge in [0.1, 0.15) is 5.69 Å². The van der Waals surface area contributed by atoms with E-state index in [0.717, 1.165) is 28.4 Å². The monoisotopic (exact) mass is 429 g/mol. The Morgan fingerprint density at radius 3 is 1.88 bits per heavy atom. The van der Waals surface area contributed by atoms with Crippen LogP contribution in [0.4, 0.5) is 34.1 Å². The van der Waals surface area contributed by atoms with Crippen molar-refractivity contribution in [2.45, 2.75) is 0 Å². The molecule has 5 aromatic carbocycles. The molecule has 0 atom stereocenters. The average Bonchev–Trinajstić information content (AvgIpc) is 2.89. The average molecular weight is 430 g/mol. The number of rotatable bonds is 6. The number of hydrogen-bond donors (Lipinski definition) is 0. The van der Waals surface area contributed by atoms with Gasteiger partial charge in [0.15, 0.2) is 0 Å². The zero-order valence-corrected chi connectivity index (χ0v) is 18.3. The molecule has 0 fully saturated rings. The van der Waals surface area contributed by atoms with Crippen molar-refractivity contribution in [3.63, 3.8) is 0 Å². The largest absolute Gasteiger partial charge is 0.345 e. The van der Waals surface area contributed by atoms with Crippen molar-refractivity contribution in [2.24, 2.45) is 5.18 Å². The molecule has 0 amide bonds. The van der Waals surface area contributed by atoms with Gasteiger partial charge in [0.05, 0.1) is 0 Å². The summed E-state index contributed by atoms with van der Waals surface area (Å²) in [5.41, 5.74) is 5.62. The molecule has 0 saturated heterocycles. The molecule has 0 aliphatic heterocycles. The van der Waals surface area contributed by atoms with E-state index in [-0.39, 0.29) is 0 Å². The van der Waals surface area contributed by atoms with Crippen LogP contribution >= 0.6 is 0 Å². The summed E-state index contributed by atoms with van der Waals surface area (Å²) in [5, 5.41) is 5.48. The van der Waals surface area contributed by atoms with Crippen LogP contribution in [0.3, 0.4) is 0 Å². The molecule has 0 heterocycles. The second-order valence-electron chi connectivity index (χ2n) is 7.89. The molecule has 0 N–H and O–H groups in total. The highest BCUT2D eigenvalue weighted by molar-refractivity contribution is 5.89. The Balaban J connectivity index is 1.53. The van der Waals surface area contributed by atoms with Gasteiger partial charge in [-0.05, 0) is 82.7 Å². The van der Waals surface area contributed by atoms with Gasteiger partial charge in [0.25, 0.3) is 0 Å². The minimum Gasteiger partial charge on any atom is -0.345 e. The van der Waals surface area contributed by atoms with Crippen LogP contribution in [0.2, 0.25) is 0 Å². The molecule has 0 aliphatic carbocycles. The summed E-state index contributed by atoms with van der Waals surface area (Å²) in [6.07, 6.45) is 0. The third-order valence-corrected chi connectivity index (χ3v) is 5.82. The SMILES string of the molecule is CN(c1ccc(N(c2ccccc2)c2ccc3ccccc3c2)cc1)c1cccc(N=O)c1. The third kappa shape index (κ3) is 4.19. The molecule has 0 bridgehead atoms. The maximum absolute atomic E-state index is 10.9. The summed E-state index contributed by atoms with van der Waals surface area (Å²) in [6, 6.07) is 41.0. The quantitative estimate of drug-likeness (QED) is 0.254. The van der Waals surface area contributed by atoms with E-state index in [2.05, 4.69) is 101 Å². The lowest BCUT2D eigenvalue weighted by molar-refractivity contribution is 1.20. The highest BCUT2D eigenvalue weighted by atomic mass is 16.3. The number of para-hydroxylation sites is 1. The first-order valence-electron chi connectivity index (χ1n) is 10.8. The van der Waals surface area contributed by atoms with Gasteiger partial charge in [0.2, 0.25) is 0 Å². The first-order chi connectivity index (χ1) is 16.2. The first kappa shape index (κ1) is 20.5. The van der Waals surface area contributed by atoms with E-state index < -0.39 is 0 Å². The van der Waals surface area contributed by atoms with E-state index in [9.17, 15) is 4.91 Å². The van der Waals surface area contributed by atoms with Gasteiger partial charge in [-0.1, -0.05) is 54.6 Å². The van der Waals surface area contributed by atoms with E-state index in [4.69, 9.17) is 0 Å². The van der Waals surface area contributed by atoms with Gasteiger partial charge in [-0.2, -0.15) is 0 Å². The van der Waals surface area contributed by atoms with Crippen molar-refractivity contribution in [3.05, 3.63) is 126 Å². The third-order valence-electron chi connectivity index (χ3n) is 5.82. The fraction of sp³-hybridized carbons (Fsp3) is 0.0345. The van der Waals surface area contributed by atoms with Crippen molar-refractivity contribution < 1.29 is 0 Å². The molecule has 0 radical (unpaired) electrons. The van der Waals surface area contributed by atoms with Crippen LogP contribution in [0.1, 0.15) is 0 Å². The molecule has 4 nitrogen and oxygen atoms in total. The fourth-order valence-electron chi connectivity index (χ4n) is 4.07. The van der Waals surface area contributed by atoms with Crippen LogP contribution in [0.25, 0.3) is 10.8 Å². The Hall–Kier alpha value is -4.44. The van der Waals surface area contributed by atoms with Crippen molar-refractivity contribution in [1.29, 1.82) is 0 Å². The summed E-state index contributed by atoms with van der Waals surface area (Å²) in [4.78, 5) is 15.2. The lowest BCUT2D eigenvalue weighted by atomic mass is 10.1. The Morgan fingerprint density at radius 1 is 0.515 bits per heavy atom. The molecule has 0 unspecified atom stereocenters. The smallest absolute Gasteiger partial charge is 0.110 e. The highest BCUT2D eigenvalue weighted by Gasteiger charge is 2.14. The Labute approximate surface area is 193 Å². The number of hydrogen-bond acceptors (Lipinski definition) is 4. The van der Waals surface area contributed by atoms with Gasteiger partial charge >= 0.3 is 0 Å². The topological polar surface area (TPSA) is 35.9 Å². The van der Waals surface area contributed by atoms with Gasteiger partial charge in [0, 0.05) is 35.5 Å². The van der Waals surface area contributed by atoms with Gasteiger partial charge in [-0.15, -0.1) is 4.91 Å². The number of nitroso groups, excluding NO2 is 1. The van der Waals surface area contributed by atoms with Crippen LogP contribution < -0.4 is 9.80 Å².